The summed E-state index contributed by atoms with van der Waals surface area (Å²) in [7, 11) is 0. The maximum atomic E-state index is 10.9. The summed E-state index contributed by atoms with van der Waals surface area (Å²) in [5, 5.41) is 0. The van der Waals surface area contributed by atoms with E-state index < -0.39 is 5.91 Å². The highest BCUT2D eigenvalue weighted by molar-refractivity contribution is 5.92. The number of rotatable bonds is 4. The molecule has 1 aromatic heterocycles. The lowest BCUT2D eigenvalue weighted by atomic mass is 10.1. The molecular formula is C10H14N2O. The van der Waals surface area contributed by atoms with E-state index in [1.165, 1.54) is 0 Å². The molecule has 3 nitrogen and oxygen atoms in total. The van der Waals surface area contributed by atoms with Crippen LogP contribution in [0.2, 0.25) is 0 Å². The zero-order valence-electron chi connectivity index (χ0n) is 7.79. The highest BCUT2D eigenvalue weighted by Gasteiger charge is 2.07. The van der Waals surface area contributed by atoms with Gasteiger partial charge in [-0.15, -0.1) is 0 Å². The highest BCUT2D eigenvalue weighted by Crippen LogP contribution is 2.08. The molecule has 0 saturated heterocycles. The van der Waals surface area contributed by atoms with Crippen LogP contribution in [-0.2, 0) is 6.42 Å². The van der Waals surface area contributed by atoms with Crippen LogP contribution in [-0.4, -0.2) is 10.9 Å². The van der Waals surface area contributed by atoms with Gasteiger partial charge in [-0.05, 0) is 24.5 Å². The van der Waals surface area contributed by atoms with Crippen molar-refractivity contribution in [3.8, 4) is 0 Å². The van der Waals surface area contributed by atoms with E-state index in [4.69, 9.17) is 5.73 Å². The van der Waals surface area contributed by atoms with Gasteiger partial charge in [0.1, 0.15) is 5.69 Å². The van der Waals surface area contributed by atoms with Crippen LogP contribution in [0.15, 0.2) is 18.3 Å². The molecule has 70 valence electrons. The maximum absolute atomic E-state index is 10.9. The van der Waals surface area contributed by atoms with Crippen molar-refractivity contribution in [1.82, 2.24) is 4.98 Å². The molecule has 13 heavy (non-hydrogen) atoms. The third kappa shape index (κ3) is 2.54. The molecule has 0 spiro atoms. The number of carbonyl (C=O) groups excluding carboxylic acids is 1. The van der Waals surface area contributed by atoms with E-state index in [0.717, 1.165) is 24.8 Å². The van der Waals surface area contributed by atoms with Gasteiger partial charge in [0.25, 0.3) is 5.91 Å². The molecule has 0 fully saturated rings. The SMILES string of the molecule is CCCCc1cccnc1C(N)=O. The molecule has 1 rings (SSSR count). The van der Waals surface area contributed by atoms with E-state index in [-0.39, 0.29) is 0 Å². The predicted octanol–water partition coefficient (Wildman–Crippen LogP) is 1.52. The summed E-state index contributed by atoms with van der Waals surface area (Å²) in [6.07, 6.45) is 4.64. The first kappa shape index (κ1) is 9.71. The van der Waals surface area contributed by atoms with Crippen molar-refractivity contribution < 1.29 is 4.79 Å². The van der Waals surface area contributed by atoms with E-state index in [1.807, 2.05) is 12.1 Å². The van der Waals surface area contributed by atoms with Gasteiger partial charge < -0.3 is 5.73 Å². The van der Waals surface area contributed by atoms with E-state index in [9.17, 15) is 4.79 Å². The lowest BCUT2D eigenvalue weighted by Crippen LogP contribution is -2.15. The largest absolute Gasteiger partial charge is 0.364 e. The number of aromatic nitrogens is 1. The lowest BCUT2D eigenvalue weighted by Gasteiger charge is -2.03. The molecular weight excluding hydrogens is 164 g/mol. The van der Waals surface area contributed by atoms with E-state index >= 15 is 0 Å². The first-order valence-electron chi connectivity index (χ1n) is 4.49. The van der Waals surface area contributed by atoms with Gasteiger partial charge in [0, 0.05) is 6.20 Å². The Labute approximate surface area is 78.0 Å². The summed E-state index contributed by atoms with van der Waals surface area (Å²) in [4.78, 5) is 14.9. The number of nitrogens with two attached hydrogens (primary N) is 1. The molecule has 0 radical (unpaired) electrons. The van der Waals surface area contributed by atoms with Crippen molar-refractivity contribution in [3.63, 3.8) is 0 Å². The van der Waals surface area contributed by atoms with E-state index in [0.29, 0.717) is 5.69 Å². The molecule has 0 atom stereocenters. The number of hydrogen-bond acceptors (Lipinski definition) is 2. The molecule has 0 aliphatic heterocycles. The Kier molecular flexibility index (Phi) is 3.43. The average molecular weight is 178 g/mol. The predicted molar refractivity (Wildman–Crippen MR) is 51.4 cm³/mol. The Morgan fingerprint density at radius 3 is 3.00 bits per heavy atom. The van der Waals surface area contributed by atoms with Crippen LogP contribution in [0.5, 0.6) is 0 Å². The van der Waals surface area contributed by atoms with Crippen LogP contribution in [0.4, 0.5) is 0 Å². The fourth-order valence-electron chi connectivity index (χ4n) is 1.23. The van der Waals surface area contributed by atoms with Crippen LogP contribution < -0.4 is 5.73 Å². The Morgan fingerprint density at radius 1 is 1.62 bits per heavy atom. The fraction of sp³-hybridized carbons (Fsp3) is 0.400. The molecule has 1 aromatic rings. The first-order valence-corrected chi connectivity index (χ1v) is 4.49. The number of nitrogens with zero attached hydrogens (tertiary/aromatic N) is 1. The zero-order chi connectivity index (χ0) is 9.68. The number of aryl methyl sites for hydroxylation is 1. The van der Waals surface area contributed by atoms with Crippen molar-refractivity contribution in [2.75, 3.05) is 0 Å². The first-order chi connectivity index (χ1) is 6.25. The second kappa shape index (κ2) is 4.60. The minimum atomic E-state index is -0.438. The van der Waals surface area contributed by atoms with Gasteiger partial charge in [-0.2, -0.15) is 0 Å². The van der Waals surface area contributed by atoms with Crippen molar-refractivity contribution >= 4 is 5.91 Å². The van der Waals surface area contributed by atoms with Crippen LogP contribution in [0.3, 0.4) is 0 Å². The fourth-order valence-corrected chi connectivity index (χ4v) is 1.23. The monoisotopic (exact) mass is 178 g/mol. The molecule has 2 N–H and O–H groups in total. The zero-order valence-corrected chi connectivity index (χ0v) is 7.79. The molecule has 3 heteroatoms. The Hall–Kier alpha value is -1.38. The third-order valence-electron chi connectivity index (χ3n) is 1.92. The van der Waals surface area contributed by atoms with Gasteiger partial charge in [0.15, 0.2) is 0 Å². The summed E-state index contributed by atoms with van der Waals surface area (Å²) in [6, 6.07) is 3.74. The van der Waals surface area contributed by atoms with E-state index in [1.54, 1.807) is 6.20 Å². The molecule has 0 aliphatic carbocycles. The highest BCUT2D eigenvalue weighted by atomic mass is 16.1. The normalized spacial score (nSPS) is 9.92. The summed E-state index contributed by atoms with van der Waals surface area (Å²) in [5.74, 6) is -0.438. The van der Waals surface area contributed by atoms with Crippen molar-refractivity contribution in [2.45, 2.75) is 26.2 Å². The second-order valence-corrected chi connectivity index (χ2v) is 2.98. The lowest BCUT2D eigenvalue weighted by molar-refractivity contribution is 0.0994. The standard InChI is InChI=1S/C10H14N2O/c1-2-3-5-8-6-4-7-12-9(8)10(11)13/h4,6-7H,2-3,5H2,1H3,(H2,11,13). The van der Waals surface area contributed by atoms with Gasteiger partial charge in [-0.3, -0.25) is 9.78 Å². The van der Waals surface area contributed by atoms with Gasteiger partial charge in [-0.25, -0.2) is 0 Å². The number of primary amides is 1. The Balaban J connectivity index is 2.84. The van der Waals surface area contributed by atoms with Crippen molar-refractivity contribution in [2.24, 2.45) is 5.73 Å². The average Bonchev–Trinajstić information content (AvgIpc) is 2.15. The third-order valence-corrected chi connectivity index (χ3v) is 1.92. The number of carbonyl (C=O) groups is 1. The minimum Gasteiger partial charge on any atom is -0.364 e. The Bertz CT molecular complexity index is 297. The van der Waals surface area contributed by atoms with Crippen molar-refractivity contribution in [1.29, 1.82) is 0 Å². The van der Waals surface area contributed by atoms with Crippen LogP contribution in [0.25, 0.3) is 0 Å². The van der Waals surface area contributed by atoms with Gasteiger partial charge >= 0.3 is 0 Å². The molecule has 1 heterocycles. The van der Waals surface area contributed by atoms with Gasteiger partial charge in [-0.1, -0.05) is 19.4 Å². The molecule has 0 saturated carbocycles. The van der Waals surface area contributed by atoms with Crippen molar-refractivity contribution in [3.05, 3.63) is 29.6 Å². The second-order valence-electron chi connectivity index (χ2n) is 2.98. The topological polar surface area (TPSA) is 56.0 Å². The summed E-state index contributed by atoms with van der Waals surface area (Å²) in [5.41, 5.74) is 6.55. The maximum Gasteiger partial charge on any atom is 0.267 e. The Morgan fingerprint density at radius 2 is 2.38 bits per heavy atom. The molecule has 0 aromatic carbocycles. The number of unbranched alkanes of at least 4 members (excludes halogenated alkanes) is 1. The smallest absolute Gasteiger partial charge is 0.267 e. The van der Waals surface area contributed by atoms with Gasteiger partial charge in [0.2, 0.25) is 0 Å². The van der Waals surface area contributed by atoms with Gasteiger partial charge in [0.05, 0.1) is 0 Å². The number of hydrogen-bond donors (Lipinski definition) is 1. The van der Waals surface area contributed by atoms with Crippen LogP contribution in [0.1, 0.15) is 35.8 Å². The van der Waals surface area contributed by atoms with Crippen LogP contribution in [0, 0.1) is 0 Å². The molecule has 0 unspecified atom stereocenters. The number of amides is 1. The summed E-state index contributed by atoms with van der Waals surface area (Å²) >= 11 is 0. The quantitative estimate of drug-likeness (QED) is 0.760. The minimum absolute atomic E-state index is 0.413. The molecule has 1 amide bonds. The molecule has 0 bridgehead atoms. The summed E-state index contributed by atoms with van der Waals surface area (Å²) in [6.45, 7) is 2.11. The molecule has 0 aliphatic rings. The summed E-state index contributed by atoms with van der Waals surface area (Å²) < 4.78 is 0. The van der Waals surface area contributed by atoms with Crippen LogP contribution >= 0.6 is 0 Å². The number of pyridine rings is 1. The van der Waals surface area contributed by atoms with E-state index in [2.05, 4.69) is 11.9 Å².